The van der Waals surface area contributed by atoms with Crippen LogP contribution in [0.5, 0.6) is 5.75 Å². The van der Waals surface area contributed by atoms with Crippen LogP contribution in [-0.4, -0.2) is 18.8 Å². The number of halogens is 1. The first-order chi connectivity index (χ1) is 15.1. The molecule has 3 atom stereocenters. The molecule has 162 valence electrons. The minimum atomic E-state index is -0.588. The van der Waals surface area contributed by atoms with Crippen LogP contribution in [0.15, 0.2) is 72.8 Å². The van der Waals surface area contributed by atoms with E-state index in [0.717, 1.165) is 29.8 Å². The van der Waals surface area contributed by atoms with Gasteiger partial charge >= 0.3 is 0 Å². The average molecular weight is 421 g/mol. The number of ether oxygens (including phenoxy) is 1. The molecule has 3 aromatic rings. The molecule has 3 unspecified atom stereocenters. The van der Waals surface area contributed by atoms with Crippen LogP contribution in [0.3, 0.4) is 0 Å². The van der Waals surface area contributed by atoms with E-state index in [1.807, 2.05) is 12.1 Å². The Morgan fingerprint density at radius 2 is 1.71 bits per heavy atom. The van der Waals surface area contributed by atoms with Crippen molar-refractivity contribution in [2.75, 3.05) is 18.6 Å². The van der Waals surface area contributed by atoms with E-state index in [0.29, 0.717) is 18.9 Å². The molecule has 0 radical (unpaired) electrons. The van der Waals surface area contributed by atoms with Crippen LogP contribution in [0.4, 0.5) is 10.1 Å². The first-order valence-electron chi connectivity index (χ1n) is 10.7. The number of nitrogens with two attached hydrogens (primary N) is 1. The van der Waals surface area contributed by atoms with Crippen molar-refractivity contribution in [3.8, 4) is 5.75 Å². The molecule has 0 aromatic heterocycles. The molecule has 0 amide bonds. The lowest BCUT2D eigenvalue weighted by Crippen LogP contribution is -2.50. The Morgan fingerprint density at radius 1 is 1.03 bits per heavy atom. The number of hydrogen-bond acceptors (Lipinski definition) is 4. The largest absolute Gasteiger partial charge is 0.497 e. The van der Waals surface area contributed by atoms with Crippen molar-refractivity contribution in [1.29, 1.82) is 0 Å². The number of anilines is 1. The van der Waals surface area contributed by atoms with Crippen LogP contribution in [-0.2, 0) is 6.54 Å². The van der Waals surface area contributed by atoms with Gasteiger partial charge in [-0.1, -0.05) is 36.4 Å². The Hall–Kier alpha value is -2.89. The van der Waals surface area contributed by atoms with Gasteiger partial charge < -0.3 is 20.5 Å². The Morgan fingerprint density at radius 3 is 2.32 bits per heavy atom. The molecule has 31 heavy (non-hydrogen) atoms. The van der Waals surface area contributed by atoms with Crippen molar-refractivity contribution in [2.24, 2.45) is 11.7 Å². The van der Waals surface area contributed by atoms with Crippen LogP contribution in [0, 0.1) is 11.7 Å². The lowest BCUT2D eigenvalue weighted by molar-refractivity contribution is 0.144. The van der Waals surface area contributed by atoms with Gasteiger partial charge in [0.05, 0.1) is 19.3 Å². The number of benzene rings is 3. The number of hydrogen-bond donors (Lipinski definition) is 2. The van der Waals surface area contributed by atoms with E-state index >= 15 is 0 Å². The Kier molecular flexibility index (Phi) is 6.54. The van der Waals surface area contributed by atoms with Gasteiger partial charge in [-0.25, -0.2) is 4.39 Å². The first-order valence-corrected chi connectivity index (χ1v) is 10.7. The topological polar surface area (TPSA) is 58.7 Å². The normalized spacial score (nSPS) is 19.0. The molecule has 1 saturated heterocycles. The minimum absolute atomic E-state index is 0.232. The van der Waals surface area contributed by atoms with Gasteiger partial charge in [0, 0.05) is 24.7 Å². The molecule has 1 aliphatic rings. The van der Waals surface area contributed by atoms with Gasteiger partial charge in [0.15, 0.2) is 0 Å². The monoisotopic (exact) mass is 420 g/mol. The second kappa shape index (κ2) is 9.50. The van der Waals surface area contributed by atoms with Crippen LogP contribution in [0.2, 0.25) is 0 Å². The molecule has 0 aliphatic carbocycles. The predicted octanol–water partition coefficient (Wildman–Crippen LogP) is 4.98. The summed E-state index contributed by atoms with van der Waals surface area (Å²) in [6.07, 6.45) is 0.935. The van der Waals surface area contributed by atoms with Gasteiger partial charge in [0.2, 0.25) is 0 Å². The van der Waals surface area contributed by atoms with E-state index < -0.39 is 6.10 Å². The third kappa shape index (κ3) is 4.73. The molecule has 1 fully saturated rings. The standard InChI is InChI=1S/C26H29FN2O2/c1-31-24-13-6-20(7-14-24)26-21(8-15-25(30)19-4-9-22(27)10-5-19)17-29(26)23-11-2-18(16-28)3-12-23/h2-7,9-14,21,25-26,30H,8,15-17,28H2,1H3. The fraction of sp³-hybridized carbons (Fsp3) is 0.308. The molecular weight excluding hydrogens is 391 g/mol. The SMILES string of the molecule is COc1ccc(C2C(CCC(O)c3ccc(F)cc3)CN2c2ccc(CN)cc2)cc1. The summed E-state index contributed by atoms with van der Waals surface area (Å²) in [6, 6.07) is 23.0. The highest BCUT2D eigenvalue weighted by atomic mass is 19.1. The van der Waals surface area contributed by atoms with Crippen molar-refractivity contribution in [3.05, 3.63) is 95.3 Å². The Bertz CT molecular complexity index is 974. The van der Waals surface area contributed by atoms with E-state index in [9.17, 15) is 9.50 Å². The zero-order valence-corrected chi connectivity index (χ0v) is 17.7. The van der Waals surface area contributed by atoms with Crippen molar-refractivity contribution in [2.45, 2.75) is 31.5 Å². The molecule has 0 spiro atoms. The average Bonchev–Trinajstić information content (AvgIpc) is 2.79. The summed E-state index contributed by atoms with van der Waals surface area (Å²) in [5, 5.41) is 10.6. The van der Waals surface area contributed by atoms with E-state index in [4.69, 9.17) is 10.5 Å². The zero-order chi connectivity index (χ0) is 21.8. The highest BCUT2D eigenvalue weighted by molar-refractivity contribution is 5.54. The molecule has 4 rings (SSSR count). The number of rotatable bonds is 8. The number of nitrogens with zero attached hydrogens (tertiary/aromatic N) is 1. The Balaban J connectivity index is 1.49. The maximum Gasteiger partial charge on any atom is 0.123 e. The maximum atomic E-state index is 13.2. The smallest absolute Gasteiger partial charge is 0.123 e. The highest BCUT2D eigenvalue weighted by Crippen LogP contribution is 2.45. The molecule has 4 nitrogen and oxygen atoms in total. The molecule has 0 saturated carbocycles. The van der Waals surface area contributed by atoms with Gasteiger partial charge in [-0.2, -0.15) is 0 Å². The molecule has 5 heteroatoms. The van der Waals surface area contributed by atoms with E-state index in [-0.39, 0.29) is 11.9 Å². The molecule has 3 N–H and O–H groups in total. The number of aliphatic hydroxyl groups is 1. The first kappa shape index (κ1) is 21.3. The predicted molar refractivity (Wildman–Crippen MR) is 121 cm³/mol. The van der Waals surface area contributed by atoms with Crippen LogP contribution >= 0.6 is 0 Å². The van der Waals surface area contributed by atoms with Gasteiger partial charge in [-0.15, -0.1) is 0 Å². The fourth-order valence-corrected chi connectivity index (χ4v) is 4.40. The van der Waals surface area contributed by atoms with Crippen molar-refractivity contribution in [1.82, 2.24) is 0 Å². The second-order valence-corrected chi connectivity index (χ2v) is 8.15. The van der Waals surface area contributed by atoms with Crippen LogP contribution in [0.1, 0.15) is 41.7 Å². The molecule has 1 aliphatic heterocycles. The third-order valence-corrected chi connectivity index (χ3v) is 6.24. The fourth-order valence-electron chi connectivity index (χ4n) is 4.40. The van der Waals surface area contributed by atoms with Crippen molar-refractivity contribution >= 4 is 5.69 Å². The zero-order valence-electron chi connectivity index (χ0n) is 17.7. The van der Waals surface area contributed by atoms with Gasteiger partial charge in [-0.3, -0.25) is 0 Å². The summed E-state index contributed by atoms with van der Waals surface area (Å²) >= 11 is 0. The maximum absolute atomic E-state index is 13.2. The van der Waals surface area contributed by atoms with Crippen LogP contribution in [0.25, 0.3) is 0 Å². The van der Waals surface area contributed by atoms with Gasteiger partial charge in [0.25, 0.3) is 0 Å². The lowest BCUT2D eigenvalue weighted by atomic mass is 9.79. The minimum Gasteiger partial charge on any atom is -0.497 e. The molecule has 0 bridgehead atoms. The summed E-state index contributed by atoms with van der Waals surface area (Å²) in [6.45, 7) is 1.46. The highest BCUT2D eigenvalue weighted by Gasteiger charge is 2.39. The summed E-state index contributed by atoms with van der Waals surface area (Å²) in [5.74, 6) is 0.966. The van der Waals surface area contributed by atoms with E-state index in [1.54, 1.807) is 19.2 Å². The lowest BCUT2D eigenvalue weighted by Gasteiger charge is -2.50. The van der Waals surface area contributed by atoms with Gasteiger partial charge in [-0.05, 0) is 65.9 Å². The molecule has 1 heterocycles. The molecular formula is C26H29FN2O2. The summed E-state index contributed by atoms with van der Waals surface area (Å²) < 4.78 is 18.5. The van der Waals surface area contributed by atoms with Gasteiger partial charge in [0.1, 0.15) is 11.6 Å². The van der Waals surface area contributed by atoms with E-state index in [2.05, 4.69) is 41.3 Å². The molecule has 3 aromatic carbocycles. The van der Waals surface area contributed by atoms with Crippen molar-refractivity contribution < 1.29 is 14.2 Å². The van der Waals surface area contributed by atoms with Crippen LogP contribution < -0.4 is 15.4 Å². The number of aliphatic hydroxyl groups excluding tert-OH is 1. The number of methoxy groups -OCH3 is 1. The Labute approximate surface area is 183 Å². The summed E-state index contributed by atoms with van der Waals surface area (Å²) in [7, 11) is 1.67. The summed E-state index contributed by atoms with van der Waals surface area (Å²) in [4.78, 5) is 2.40. The van der Waals surface area contributed by atoms with Crippen molar-refractivity contribution in [3.63, 3.8) is 0 Å². The summed E-state index contributed by atoms with van der Waals surface area (Å²) in [5.41, 5.74) is 10.0. The second-order valence-electron chi connectivity index (χ2n) is 8.15. The quantitative estimate of drug-likeness (QED) is 0.539. The van der Waals surface area contributed by atoms with E-state index in [1.165, 1.54) is 23.4 Å². The third-order valence-electron chi connectivity index (χ3n) is 6.24.